The van der Waals surface area contributed by atoms with Crippen LogP contribution in [0, 0.1) is 0 Å². The number of carbonyl (C=O) groups excluding carboxylic acids is 1. The SMILES string of the molecule is CC(C)(C)c1nc(Br)cc(NCCOCC(N)=O)n1. The van der Waals surface area contributed by atoms with Crippen LogP contribution < -0.4 is 11.1 Å². The Morgan fingerprint density at radius 1 is 1.47 bits per heavy atom. The number of amides is 1. The summed E-state index contributed by atoms with van der Waals surface area (Å²) in [5.41, 5.74) is 4.84. The summed E-state index contributed by atoms with van der Waals surface area (Å²) in [7, 11) is 0. The summed E-state index contributed by atoms with van der Waals surface area (Å²) in [6.45, 7) is 7.01. The average molecular weight is 331 g/mol. The van der Waals surface area contributed by atoms with Crippen molar-refractivity contribution in [3.05, 3.63) is 16.5 Å². The Bertz CT molecular complexity index is 446. The summed E-state index contributed by atoms with van der Waals surface area (Å²) in [5, 5.41) is 3.11. The Labute approximate surface area is 121 Å². The van der Waals surface area contributed by atoms with Crippen LogP contribution >= 0.6 is 15.9 Å². The van der Waals surface area contributed by atoms with Crippen LogP contribution in [0.5, 0.6) is 0 Å². The zero-order valence-electron chi connectivity index (χ0n) is 11.4. The smallest absolute Gasteiger partial charge is 0.243 e. The molecule has 0 aliphatic rings. The molecule has 0 spiro atoms. The predicted molar refractivity (Wildman–Crippen MR) is 76.9 cm³/mol. The fourth-order valence-corrected chi connectivity index (χ4v) is 1.65. The Kier molecular flexibility index (Phi) is 5.68. The van der Waals surface area contributed by atoms with Gasteiger partial charge in [0.25, 0.3) is 0 Å². The van der Waals surface area contributed by atoms with E-state index in [2.05, 4.69) is 52.0 Å². The third kappa shape index (κ3) is 5.98. The minimum Gasteiger partial charge on any atom is -0.370 e. The van der Waals surface area contributed by atoms with Gasteiger partial charge in [-0.3, -0.25) is 4.79 Å². The third-order valence-electron chi connectivity index (χ3n) is 2.16. The van der Waals surface area contributed by atoms with Crippen LogP contribution in [0.1, 0.15) is 26.6 Å². The summed E-state index contributed by atoms with van der Waals surface area (Å²) in [6.07, 6.45) is 0. The quantitative estimate of drug-likeness (QED) is 0.608. The standard InChI is InChI=1S/C12H19BrN4O2/c1-12(2,3)11-16-8(13)6-10(17-11)15-4-5-19-7-9(14)18/h6H,4-5,7H2,1-3H3,(H2,14,18)(H,15,16,17). The molecule has 0 saturated carbocycles. The van der Waals surface area contributed by atoms with E-state index in [4.69, 9.17) is 10.5 Å². The van der Waals surface area contributed by atoms with Crippen molar-refractivity contribution >= 4 is 27.7 Å². The first-order chi connectivity index (χ1) is 8.79. The minimum absolute atomic E-state index is 0.0671. The molecule has 106 valence electrons. The lowest BCUT2D eigenvalue weighted by atomic mass is 9.96. The van der Waals surface area contributed by atoms with Crippen LogP contribution in [0.2, 0.25) is 0 Å². The van der Waals surface area contributed by atoms with Gasteiger partial charge in [0.05, 0.1) is 6.61 Å². The molecule has 19 heavy (non-hydrogen) atoms. The van der Waals surface area contributed by atoms with Crippen LogP contribution in [0.15, 0.2) is 10.7 Å². The van der Waals surface area contributed by atoms with Gasteiger partial charge < -0.3 is 15.8 Å². The second-order valence-corrected chi connectivity index (χ2v) is 5.91. The molecule has 1 aromatic heterocycles. The second-order valence-electron chi connectivity index (χ2n) is 5.10. The molecule has 0 unspecified atom stereocenters. The van der Waals surface area contributed by atoms with E-state index in [0.717, 1.165) is 16.2 Å². The van der Waals surface area contributed by atoms with Crippen molar-refractivity contribution < 1.29 is 9.53 Å². The summed E-state index contributed by atoms with van der Waals surface area (Å²) in [6, 6.07) is 1.79. The minimum atomic E-state index is -0.472. The van der Waals surface area contributed by atoms with E-state index >= 15 is 0 Å². The molecule has 0 saturated heterocycles. The molecule has 1 rings (SSSR count). The van der Waals surface area contributed by atoms with Crippen molar-refractivity contribution in [2.75, 3.05) is 25.1 Å². The fourth-order valence-electron chi connectivity index (χ4n) is 1.27. The molecule has 0 bridgehead atoms. The van der Waals surface area contributed by atoms with Crippen LogP contribution in [0.3, 0.4) is 0 Å². The highest BCUT2D eigenvalue weighted by molar-refractivity contribution is 9.10. The zero-order valence-corrected chi connectivity index (χ0v) is 13.0. The normalized spacial score (nSPS) is 11.4. The highest BCUT2D eigenvalue weighted by Gasteiger charge is 2.18. The highest BCUT2D eigenvalue weighted by atomic mass is 79.9. The molecule has 0 radical (unpaired) electrons. The average Bonchev–Trinajstić information content (AvgIpc) is 2.26. The number of rotatable bonds is 6. The van der Waals surface area contributed by atoms with Crippen molar-refractivity contribution in [1.29, 1.82) is 0 Å². The molecule has 0 aliphatic carbocycles. The molecule has 0 aliphatic heterocycles. The van der Waals surface area contributed by atoms with Crippen LogP contribution in [0.25, 0.3) is 0 Å². The predicted octanol–water partition coefficient (Wildman–Crippen LogP) is 1.45. The number of nitrogens with one attached hydrogen (secondary N) is 1. The lowest BCUT2D eigenvalue weighted by Gasteiger charge is -2.17. The first-order valence-electron chi connectivity index (χ1n) is 5.94. The van der Waals surface area contributed by atoms with Gasteiger partial charge in [0.1, 0.15) is 22.9 Å². The number of aromatic nitrogens is 2. The van der Waals surface area contributed by atoms with Gasteiger partial charge in [-0.1, -0.05) is 20.8 Å². The van der Waals surface area contributed by atoms with Crippen LogP contribution in [-0.4, -0.2) is 35.6 Å². The molecule has 6 nitrogen and oxygen atoms in total. The van der Waals surface area contributed by atoms with E-state index in [1.807, 2.05) is 0 Å². The maximum atomic E-state index is 10.5. The summed E-state index contributed by atoms with van der Waals surface area (Å²) in [4.78, 5) is 19.3. The van der Waals surface area contributed by atoms with Crippen molar-refractivity contribution in [3.8, 4) is 0 Å². The van der Waals surface area contributed by atoms with Gasteiger partial charge in [-0.15, -0.1) is 0 Å². The van der Waals surface area contributed by atoms with Crippen LogP contribution in [0.4, 0.5) is 5.82 Å². The molecule has 1 aromatic rings. The fraction of sp³-hybridized carbons (Fsp3) is 0.583. The van der Waals surface area contributed by atoms with Crippen LogP contribution in [-0.2, 0) is 14.9 Å². The Balaban J connectivity index is 2.54. The van der Waals surface area contributed by atoms with Gasteiger partial charge in [0, 0.05) is 18.0 Å². The molecule has 1 amide bonds. The Hall–Kier alpha value is -1.21. The van der Waals surface area contributed by atoms with E-state index in [1.165, 1.54) is 0 Å². The van der Waals surface area contributed by atoms with E-state index in [0.29, 0.717) is 13.2 Å². The number of hydrogen-bond donors (Lipinski definition) is 2. The van der Waals surface area contributed by atoms with Gasteiger partial charge >= 0.3 is 0 Å². The van der Waals surface area contributed by atoms with E-state index in [1.54, 1.807) is 6.07 Å². The number of primary amides is 1. The molecule has 0 atom stereocenters. The topological polar surface area (TPSA) is 90.1 Å². The largest absolute Gasteiger partial charge is 0.370 e. The number of ether oxygens (including phenoxy) is 1. The molecule has 1 heterocycles. The van der Waals surface area contributed by atoms with Gasteiger partial charge in [-0.2, -0.15) is 0 Å². The number of nitrogens with zero attached hydrogens (tertiary/aromatic N) is 2. The van der Waals surface area contributed by atoms with Crippen molar-refractivity contribution in [2.45, 2.75) is 26.2 Å². The molecule has 0 aromatic carbocycles. The number of anilines is 1. The lowest BCUT2D eigenvalue weighted by molar-refractivity contribution is -0.122. The van der Waals surface area contributed by atoms with Gasteiger partial charge in [0.2, 0.25) is 5.91 Å². The lowest BCUT2D eigenvalue weighted by Crippen LogP contribution is -2.21. The monoisotopic (exact) mass is 330 g/mol. The third-order valence-corrected chi connectivity index (χ3v) is 2.57. The van der Waals surface area contributed by atoms with E-state index < -0.39 is 5.91 Å². The summed E-state index contributed by atoms with van der Waals surface area (Å²) >= 11 is 3.36. The summed E-state index contributed by atoms with van der Waals surface area (Å²) in [5.74, 6) is 0.997. The first kappa shape index (κ1) is 15.8. The number of nitrogens with two attached hydrogens (primary N) is 1. The summed E-state index contributed by atoms with van der Waals surface area (Å²) < 4.78 is 5.78. The Morgan fingerprint density at radius 2 is 2.16 bits per heavy atom. The van der Waals surface area contributed by atoms with Crippen molar-refractivity contribution in [2.24, 2.45) is 5.73 Å². The maximum Gasteiger partial charge on any atom is 0.243 e. The van der Waals surface area contributed by atoms with Gasteiger partial charge in [-0.25, -0.2) is 9.97 Å². The number of carbonyl (C=O) groups is 1. The molecular weight excluding hydrogens is 312 g/mol. The van der Waals surface area contributed by atoms with Gasteiger partial charge in [0.15, 0.2) is 0 Å². The van der Waals surface area contributed by atoms with Gasteiger partial charge in [-0.05, 0) is 15.9 Å². The van der Waals surface area contributed by atoms with Crippen molar-refractivity contribution in [3.63, 3.8) is 0 Å². The Morgan fingerprint density at radius 3 is 2.74 bits per heavy atom. The van der Waals surface area contributed by atoms with E-state index in [-0.39, 0.29) is 12.0 Å². The second kappa shape index (κ2) is 6.81. The van der Waals surface area contributed by atoms with E-state index in [9.17, 15) is 4.79 Å². The number of hydrogen-bond acceptors (Lipinski definition) is 5. The maximum absolute atomic E-state index is 10.5. The molecule has 3 N–H and O–H groups in total. The zero-order chi connectivity index (χ0) is 14.5. The molecular formula is C12H19BrN4O2. The molecule has 7 heteroatoms. The number of halogens is 1. The highest BCUT2D eigenvalue weighted by Crippen LogP contribution is 2.22. The van der Waals surface area contributed by atoms with Crippen molar-refractivity contribution in [1.82, 2.24) is 9.97 Å². The first-order valence-corrected chi connectivity index (χ1v) is 6.73. The molecule has 0 fully saturated rings.